The minimum Gasteiger partial charge on any atom is -0.321 e. The molecular weight excluding hydrogens is 444 g/mol. The number of hydrogen-bond donors (Lipinski definition) is 1. The van der Waals surface area contributed by atoms with Crippen LogP contribution in [0.4, 0.5) is 32.0 Å². The zero-order valence-electron chi connectivity index (χ0n) is 15.9. The second kappa shape index (κ2) is 7.32. The molecule has 166 valence electrons. The Kier molecular flexibility index (Phi) is 4.86. The minimum atomic E-state index is -5.01. The van der Waals surface area contributed by atoms with Crippen LogP contribution in [0.2, 0.25) is 0 Å². The summed E-state index contributed by atoms with van der Waals surface area (Å²) in [7, 11) is 1.12. The molecule has 0 radical (unpaired) electrons. The Bertz CT molecular complexity index is 1320. The third-order valence-electron chi connectivity index (χ3n) is 4.41. The van der Waals surface area contributed by atoms with E-state index in [2.05, 4.69) is 20.1 Å². The number of hydrogen-bond acceptors (Lipinski definition) is 5. The molecule has 0 aliphatic rings. The summed E-state index contributed by atoms with van der Waals surface area (Å²) in [6.07, 6.45) is -3.84. The van der Waals surface area contributed by atoms with Crippen molar-refractivity contribution in [3.63, 3.8) is 0 Å². The first-order chi connectivity index (χ1) is 15.0. The molecule has 0 atom stereocenters. The summed E-state index contributed by atoms with van der Waals surface area (Å²) in [5.74, 6) is -1.30. The van der Waals surface area contributed by atoms with Crippen LogP contribution in [0.3, 0.4) is 0 Å². The molecule has 0 saturated carbocycles. The normalized spacial score (nSPS) is 12.3. The van der Waals surface area contributed by atoms with Crippen LogP contribution < -0.4 is 5.32 Å². The van der Waals surface area contributed by atoms with Gasteiger partial charge in [-0.3, -0.25) is 23.8 Å². The Morgan fingerprint density at radius 3 is 2.47 bits per heavy atom. The van der Waals surface area contributed by atoms with Crippen molar-refractivity contribution in [2.24, 2.45) is 7.05 Å². The summed E-state index contributed by atoms with van der Waals surface area (Å²) < 4.78 is 82.6. The topological polar surface area (TPSA) is 90.0 Å². The van der Waals surface area contributed by atoms with Crippen LogP contribution in [-0.4, -0.2) is 35.0 Å². The molecule has 1 N–H and O–H groups in total. The minimum absolute atomic E-state index is 0.0485. The van der Waals surface area contributed by atoms with Crippen molar-refractivity contribution >= 4 is 17.2 Å². The summed E-state index contributed by atoms with van der Waals surface area (Å²) >= 11 is 0. The quantitative estimate of drug-likeness (QED) is 0.475. The number of rotatable bonds is 3. The Morgan fingerprint density at radius 2 is 1.78 bits per heavy atom. The Morgan fingerprint density at radius 1 is 1.03 bits per heavy atom. The van der Waals surface area contributed by atoms with Gasteiger partial charge in [0.2, 0.25) is 0 Å². The summed E-state index contributed by atoms with van der Waals surface area (Å²) in [6, 6.07) is 1.54. The largest absolute Gasteiger partial charge is 0.433 e. The fraction of sp³-hybridized carbons (Fsp3) is 0.167. The standard InChI is InChI=1S/C18H11F6N7O/c1-30-15(16(32)28-9-2-3-26-11(6-9)17(19,20)21)13(18(22,23)24)14(29-30)10-7-27-12-8-25-4-5-31(10)12/h2-8H,1H3,(H,26,28,32). The van der Waals surface area contributed by atoms with E-state index in [-0.39, 0.29) is 17.0 Å². The predicted molar refractivity (Wildman–Crippen MR) is 97.4 cm³/mol. The lowest BCUT2D eigenvalue weighted by Crippen LogP contribution is -2.21. The lowest BCUT2D eigenvalue weighted by atomic mass is 10.1. The number of alkyl halides is 6. The van der Waals surface area contributed by atoms with Gasteiger partial charge in [-0.1, -0.05) is 0 Å². The number of amides is 1. The molecule has 4 aromatic rings. The molecule has 0 aliphatic carbocycles. The van der Waals surface area contributed by atoms with Crippen LogP contribution in [0.15, 0.2) is 43.1 Å². The van der Waals surface area contributed by atoms with Crippen molar-refractivity contribution in [1.29, 1.82) is 0 Å². The van der Waals surface area contributed by atoms with Crippen molar-refractivity contribution in [2.75, 3.05) is 5.32 Å². The third-order valence-corrected chi connectivity index (χ3v) is 4.41. The molecular formula is C18H11F6N7O. The number of pyridine rings is 1. The molecule has 4 rings (SSSR count). The number of carbonyl (C=O) groups excluding carboxylic acids is 1. The fourth-order valence-corrected chi connectivity index (χ4v) is 3.10. The van der Waals surface area contributed by atoms with Crippen molar-refractivity contribution < 1.29 is 31.1 Å². The third kappa shape index (κ3) is 3.74. The van der Waals surface area contributed by atoms with Gasteiger partial charge in [0.1, 0.15) is 22.6 Å². The van der Waals surface area contributed by atoms with E-state index in [0.29, 0.717) is 10.7 Å². The molecule has 8 nitrogen and oxygen atoms in total. The monoisotopic (exact) mass is 455 g/mol. The second-order valence-corrected chi connectivity index (χ2v) is 6.52. The van der Waals surface area contributed by atoms with Crippen LogP contribution in [-0.2, 0) is 19.4 Å². The van der Waals surface area contributed by atoms with E-state index >= 15 is 0 Å². The van der Waals surface area contributed by atoms with Gasteiger partial charge < -0.3 is 5.32 Å². The molecule has 0 aliphatic heterocycles. The maximum Gasteiger partial charge on any atom is 0.433 e. The van der Waals surface area contributed by atoms with Crippen LogP contribution in [0, 0.1) is 0 Å². The molecule has 4 heterocycles. The molecule has 0 aromatic carbocycles. The Balaban J connectivity index is 1.81. The highest BCUT2D eigenvalue weighted by Crippen LogP contribution is 2.39. The molecule has 0 fully saturated rings. The predicted octanol–water partition coefficient (Wildman–Crippen LogP) is 3.81. The van der Waals surface area contributed by atoms with E-state index in [4.69, 9.17) is 0 Å². The van der Waals surface area contributed by atoms with Gasteiger partial charge in [0.25, 0.3) is 5.91 Å². The maximum atomic E-state index is 14.0. The number of anilines is 1. The van der Waals surface area contributed by atoms with E-state index in [1.807, 2.05) is 5.32 Å². The SMILES string of the molecule is Cn1nc(-c2cnc3cnccn23)c(C(F)(F)F)c1C(=O)Nc1ccnc(C(F)(F)F)c1. The van der Waals surface area contributed by atoms with Gasteiger partial charge in [-0.25, -0.2) is 4.98 Å². The molecule has 14 heteroatoms. The average Bonchev–Trinajstić information content (AvgIpc) is 3.28. The fourth-order valence-electron chi connectivity index (χ4n) is 3.10. The van der Waals surface area contributed by atoms with Crippen molar-refractivity contribution in [3.8, 4) is 11.4 Å². The number of halogens is 6. The summed E-state index contributed by atoms with van der Waals surface area (Å²) in [5, 5.41) is 5.90. The summed E-state index contributed by atoms with van der Waals surface area (Å²) in [6.45, 7) is 0. The zero-order chi connectivity index (χ0) is 23.3. The lowest BCUT2D eigenvalue weighted by Gasteiger charge is -2.12. The first-order valence-electron chi connectivity index (χ1n) is 8.73. The number of aromatic nitrogens is 6. The van der Waals surface area contributed by atoms with Gasteiger partial charge >= 0.3 is 12.4 Å². The molecule has 32 heavy (non-hydrogen) atoms. The number of nitrogens with zero attached hydrogens (tertiary/aromatic N) is 6. The lowest BCUT2D eigenvalue weighted by molar-refractivity contribution is -0.141. The number of fused-ring (bicyclic) bond motifs is 1. The van der Waals surface area contributed by atoms with Gasteiger partial charge in [0.05, 0.1) is 18.1 Å². The Labute approximate surface area is 174 Å². The molecule has 0 unspecified atom stereocenters. The first kappa shape index (κ1) is 21.3. The van der Waals surface area contributed by atoms with Gasteiger partial charge in [0, 0.05) is 31.3 Å². The van der Waals surface area contributed by atoms with E-state index < -0.39 is 40.9 Å². The van der Waals surface area contributed by atoms with Gasteiger partial charge in [-0.05, 0) is 12.1 Å². The number of nitrogens with one attached hydrogen (secondary N) is 1. The van der Waals surface area contributed by atoms with Gasteiger partial charge in [0.15, 0.2) is 5.65 Å². The van der Waals surface area contributed by atoms with Crippen molar-refractivity contribution in [2.45, 2.75) is 12.4 Å². The second-order valence-electron chi connectivity index (χ2n) is 6.52. The van der Waals surface area contributed by atoms with Gasteiger partial charge in [-0.15, -0.1) is 0 Å². The first-order valence-corrected chi connectivity index (χ1v) is 8.73. The van der Waals surface area contributed by atoms with E-state index in [0.717, 1.165) is 25.5 Å². The Hall–Kier alpha value is -3.97. The van der Waals surface area contributed by atoms with Crippen LogP contribution in [0.5, 0.6) is 0 Å². The van der Waals surface area contributed by atoms with Crippen molar-refractivity contribution in [3.05, 3.63) is 60.1 Å². The summed E-state index contributed by atoms with van der Waals surface area (Å²) in [4.78, 5) is 23.7. The molecule has 4 aromatic heterocycles. The highest BCUT2D eigenvalue weighted by atomic mass is 19.4. The van der Waals surface area contributed by atoms with E-state index in [9.17, 15) is 31.1 Å². The van der Waals surface area contributed by atoms with E-state index in [1.165, 1.54) is 23.0 Å². The zero-order valence-corrected chi connectivity index (χ0v) is 15.9. The number of aryl methyl sites for hydroxylation is 1. The van der Waals surface area contributed by atoms with Crippen LogP contribution >= 0.6 is 0 Å². The van der Waals surface area contributed by atoms with Gasteiger partial charge in [-0.2, -0.15) is 31.4 Å². The highest BCUT2D eigenvalue weighted by molar-refractivity contribution is 6.05. The van der Waals surface area contributed by atoms with Crippen molar-refractivity contribution in [1.82, 2.24) is 29.1 Å². The van der Waals surface area contributed by atoms with Crippen LogP contribution in [0.25, 0.3) is 17.0 Å². The number of imidazole rings is 1. The van der Waals surface area contributed by atoms with Crippen LogP contribution in [0.1, 0.15) is 21.7 Å². The van der Waals surface area contributed by atoms with E-state index in [1.54, 1.807) is 0 Å². The number of carbonyl (C=O) groups is 1. The molecule has 0 bridgehead atoms. The molecule has 0 saturated heterocycles. The maximum absolute atomic E-state index is 14.0. The molecule has 0 spiro atoms. The highest BCUT2D eigenvalue weighted by Gasteiger charge is 2.43. The summed E-state index contributed by atoms with van der Waals surface area (Å²) in [5.41, 5.74) is -4.31. The molecule has 1 amide bonds. The average molecular weight is 455 g/mol. The smallest absolute Gasteiger partial charge is 0.321 e.